The molecule has 2 saturated carbocycles. The molecule has 0 radical (unpaired) electrons. The van der Waals surface area contributed by atoms with E-state index in [-0.39, 0.29) is 0 Å². The highest BCUT2D eigenvalue weighted by molar-refractivity contribution is 5.27. The van der Waals surface area contributed by atoms with Gasteiger partial charge >= 0.3 is 0 Å². The van der Waals surface area contributed by atoms with Crippen LogP contribution in [0.5, 0.6) is 5.75 Å². The summed E-state index contributed by atoms with van der Waals surface area (Å²) in [7, 11) is 0. The van der Waals surface area contributed by atoms with Gasteiger partial charge in [0, 0.05) is 0 Å². The summed E-state index contributed by atoms with van der Waals surface area (Å²) < 4.78 is 0. The van der Waals surface area contributed by atoms with Crippen molar-refractivity contribution in [3.8, 4) is 5.75 Å². The van der Waals surface area contributed by atoms with Gasteiger partial charge in [0.1, 0.15) is 5.75 Å². The molecule has 1 aromatic rings. The van der Waals surface area contributed by atoms with Crippen molar-refractivity contribution >= 4 is 0 Å². The van der Waals surface area contributed by atoms with Crippen molar-refractivity contribution in [2.24, 2.45) is 28.6 Å². The third-order valence-corrected chi connectivity index (χ3v) is 7.88. The fraction of sp³-hybridized carbons (Fsp3) is 0.680. The Hall–Kier alpha value is -1.24. The van der Waals surface area contributed by atoms with Gasteiger partial charge in [-0.2, -0.15) is 0 Å². The van der Waals surface area contributed by atoms with Crippen LogP contribution >= 0.6 is 0 Å². The molecule has 142 valence electrons. The summed E-state index contributed by atoms with van der Waals surface area (Å²) in [6.07, 6.45) is 18.8. The second-order valence-corrected chi connectivity index (χ2v) is 10.2. The van der Waals surface area contributed by atoms with Gasteiger partial charge in [-0.1, -0.05) is 51.0 Å². The number of rotatable bonds is 3. The molecule has 1 nitrogen and oxygen atoms in total. The predicted octanol–water partition coefficient (Wildman–Crippen LogP) is 6.90. The number of phenols is 1. The topological polar surface area (TPSA) is 20.2 Å². The van der Waals surface area contributed by atoms with Crippen LogP contribution in [0.3, 0.4) is 0 Å². The van der Waals surface area contributed by atoms with Crippen molar-refractivity contribution in [2.45, 2.75) is 78.1 Å². The minimum Gasteiger partial charge on any atom is -0.508 e. The van der Waals surface area contributed by atoms with Gasteiger partial charge in [-0.25, -0.2) is 0 Å². The molecule has 1 N–H and O–H groups in total. The molecule has 0 aromatic heterocycles. The van der Waals surface area contributed by atoms with E-state index in [1.54, 1.807) is 6.07 Å². The van der Waals surface area contributed by atoms with Crippen LogP contribution < -0.4 is 0 Å². The highest BCUT2D eigenvalue weighted by Gasteiger charge is 2.47. The Morgan fingerprint density at radius 3 is 2.65 bits per heavy atom. The molecule has 26 heavy (non-hydrogen) atoms. The predicted molar refractivity (Wildman–Crippen MR) is 109 cm³/mol. The summed E-state index contributed by atoms with van der Waals surface area (Å²) >= 11 is 0. The monoisotopic (exact) mass is 352 g/mol. The molecule has 0 heterocycles. The minimum absolute atomic E-state index is 0.394. The van der Waals surface area contributed by atoms with E-state index in [4.69, 9.17) is 0 Å². The molecule has 1 spiro atoms. The first-order valence-electron chi connectivity index (χ1n) is 10.9. The van der Waals surface area contributed by atoms with Gasteiger partial charge in [-0.05, 0) is 97.6 Å². The van der Waals surface area contributed by atoms with Crippen LogP contribution in [0, 0.1) is 28.6 Å². The molecule has 0 unspecified atom stereocenters. The number of hydrogen-bond acceptors (Lipinski definition) is 1. The molecule has 1 heteroatoms. The maximum Gasteiger partial charge on any atom is 0.115 e. The van der Waals surface area contributed by atoms with E-state index < -0.39 is 0 Å². The van der Waals surface area contributed by atoms with Crippen molar-refractivity contribution in [3.63, 3.8) is 0 Å². The van der Waals surface area contributed by atoms with Crippen molar-refractivity contribution in [3.05, 3.63) is 42.0 Å². The third-order valence-electron chi connectivity index (χ3n) is 7.88. The SMILES string of the molecule is C[C@H]1CC=C[C@](C)([C@@H]2C[C@H](Cc3cccc(O)c3)CC3(CCCC3)C2)C1. The zero-order valence-corrected chi connectivity index (χ0v) is 16.7. The number of hydrogen-bond donors (Lipinski definition) is 1. The Labute approximate surface area is 159 Å². The number of phenolic OH excluding ortho intramolecular Hbond substituents is 1. The summed E-state index contributed by atoms with van der Waals surface area (Å²) in [5.41, 5.74) is 2.33. The van der Waals surface area contributed by atoms with Crippen LogP contribution in [0.4, 0.5) is 0 Å². The van der Waals surface area contributed by atoms with Crippen molar-refractivity contribution in [1.29, 1.82) is 0 Å². The Kier molecular flexibility index (Phi) is 4.92. The minimum atomic E-state index is 0.394. The fourth-order valence-electron chi connectivity index (χ4n) is 6.77. The van der Waals surface area contributed by atoms with E-state index in [0.717, 1.165) is 24.2 Å². The van der Waals surface area contributed by atoms with Crippen LogP contribution in [-0.2, 0) is 6.42 Å². The normalized spacial score (nSPS) is 36.5. The summed E-state index contributed by atoms with van der Waals surface area (Å²) in [5.74, 6) is 2.85. The van der Waals surface area contributed by atoms with Crippen LogP contribution in [0.25, 0.3) is 0 Å². The summed E-state index contributed by atoms with van der Waals surface area (Å²) in [6, 6.07) is 7.98. The maximum absolute atomic E-state index is 9.86. The lowest BCUT2D eigenvalue weighted by atomic mass is 9.55. The second kappa shape index (κ2) is 7.06. The Bertz CT molecular complexity index is 654. The molecule has 0 saturated heterocycles. The summed E-state index contributed by atoms with van der Waals surface area (Å²) in [6.45, 7) is 4.98. The van der Waals surface area contributed by atoms with E-state index in [0.29, 0.717) is 16.6 Å². The number of allylic oxidation sites excluding steroid dienone is 2. The first kappa shape index (κ1) is 18.1. The first-order chi connectivity index (χ1) is 12.5. The van der Waals surface area contributed by atoms with E-state index in [1.807, 2.05) is 12.1 Å². The highest BCUT2D eigenvalue weighted by Crippen LogP contribution is 2.58. The van der Waals surface area contributed by atoms with Gasteiger partial charge in [0.05, 0.1) is 0 Å². The lowest BCUT2D eigenvalue weighted by molar-refractivity contribution is 0.0309. The van der Waals surface area contributed by atoms with E-state index >= 15 is 0 Å². The van der Waals surface area contributed by atoms with Crippen LogP contribution in [0.1, 0.15) is 77.2 Å². The van der Waals surface area contributed by atoms with E-state index in [2.05, 4.69) is 32.1 Å². The summed E-state index contributed by atoms with van der Waals surface area (Å²) in [5, 5.41) is 9.86. The van der Waals surface area contributed by atoms with Gasteiger partial charge < -0.3 is 5.11 Å². The molecule has 0 aliphatic heterocycles. The molecular weight excluding hydrogens is 316 g/mol. The number of aromatic hydroxyl groups is 1. The van der Waals surface area contributed by atoms with Gasteiger partial charge in [-0.3, -0.25) is 0 Å². The average Bonchev–Trinajstić information content (AvgIpc) is 3.01. The standard InChI is InChI=1S/C25H36O/c1-19-7-6-10-24(2,16-19)22-14-21(13-20-8-5-9-23(26)15-20)17-25(18-22)11-3-4-12-25/h5-6,8-10,15,19,21-22,26H,3-4,7,11-14,16-18H2,1-2H3/t19-,21-,22+,24-/m0/s1. The molecule has 4 atom stereocenters. The lowest BCUT2D eigenvalue weighted by Gasteiger charge is -2.50. The zero-order valence-electron chi connectivity index (χ0n) is 16.7. The van der Waals surface area contributed by atoms with E-state index in [9.17, 15) is 5.11 Å². The molecule has 1 aromatic carbocycles. The van der Waals surface area contributed by atoms with Crippen molar-refractivity contribution < 1.29 is 5.11 Å². The van der Waals surface area contributed by atoms with Gasteiger partial charge in [0.15, 0.2) is 0 Å². The van der Waals surface area contributed by atoms with Crippen LogP contribution in [0.15, 0.2) is 36.4 Å². The molecule has 0 amide bonds. The Balaban J connectivity index is 1.57. The fourth-order valence-corrected chi connectivity index (χ4v) is 6.77. The molecule has 2 fully saturated rings. The van der Waals surface area contributed by atoms with Gasteiger partial charge in [0.2, 0.25) is 0 Å². The lowest BCUT2D eigenvalue weighted by Crippen LogP contribution is -2.40. The Morgan fingerprint density at radius 2 is 1.92 bits per heavy atom. The largest absolute Gasteiger partial charge is 0.508 e. The molecule has 0 bridgehead atoms. The smallest absolute Gasteiger partial charge is 0.115 e. The van der Waals surface area contributed by atoms with Gasteiger partial charge in [-0.15, -0.1) is 0 Å². The summed E-state index contributed by atoms with van der Waals surface area (Å²) in [4.78, 5) is 0. The third kappa shape index (κ3) is 3.73. The van der Waals surface area contributed by atoms with Crippen molar-refractivity contribution in [2.75, 3.05) is 0 Å². The average molecular weight is 353 g/mol. The second-order valence-electron chi connectivity index (χ2n) is 10.2. The maximum atomic E-state index is 9.86. The molecule has 3 aliphatic carbocycles. The first-order valence-corrected chi connectivity index (χ1v) is 10.9. The van der Waals surface area contributed by atoms with Crippen LogP contribution in [-0.4, -0.2) is 5.11 Å². The molecular formula is C25H36O. The number of benzene rings is 1. The van der Waals surface area contributed by atoms with Gasteiger partial charge in [0.25, 0.3) is 0 Å². The zero-order chi connectivity index (χ0) is 18.2. The van der Waals surface area contributed by atoms with Crippen molar-refractivity contribution in [1.82, 2.24) is 0 Å². The quantitative estimate of drug-likeness (QED) is 0.586. The van der Waals surface area contributed by atoms with Crippen LogP contribution in [0.2, 0.25) is 0 Å². The molecule has 4 rings (SSSR count). The highest BCUT2D eigenvalue weighted by atomic mass is 16.3. The van der Waals surface area contributed by atoms with E-state index in [1.165, 1.54) is 63.4 Å². The Morgan fingerprint density at radius 1 is 1.12 bits per heavy atom. The molecule has 3 aliphatic rings.